The Labute approximate surface area is 270 Å². The number of rotatable bonds is 12. The molecule has 5 heterocycles. The van der Waals surface area contributed by atoms with E-state index in [-0.39, 0.29) is 11.9 Å². The fraction of sp³-hybridized carbons (Fsp3) is 0.303. The molecule has 0 spiro atoms. The molecule has 1 unspecified atom stereocenters. The molecule has 0 aliphatic carbocycles. The molecule has 0 bridgehead atoms. The van der Waals surface area contributed by atoms with Gasteiger partial charge in [-0.3, -0.25) is 4.79 Å². The molecule has 6 aromatic rings. The Balaban J connectivity index is 1.08. The predicted octanol–water partition coefficient (Wildman–Crippen LogP) is 3.30. The Morgan fingerprint density at radius 2 is 1.70 bits per heavy atom. The molecular weight excluding hydrogens is 602 g/mol. The van der Waals surface area contributed by atoms with Crippen molar-refractivity contribution >= 4 is 34.2 Å². The second-order valence-electron chi connectivity index (χ2n) is 11.0. The van der Waals surface area contributed by atoms with Gasteiger partial charge in [-0.05, 0) is 42.0 Å². The Morgan fingerprint density at radius 1 is 0.915 bits per heavy atom. The minimum Gasteiger partial charge on any atom is -0.491 e. The number of carbonyl (C=O) groups excluding carboxylic acids is 1. The van der Waals surface area contributed by atoms with Crippen molar-refractivity contribution in [3.63, 3.8) is 0 Å². The molecule has 242 valence electrons. The predicted molar refractivity (Wildman–Crippen MR) is 174 cm³/mol. The zero-order valence-corrected chi connectivity index (χ0v) is 25.9. The van der Waals surface area contributed by atoms with Crippen LogP contribution in [0, 0.1) is 0 Å². The lowest BCUT2D eigenvalue weighted by molar-refractivity contribution is -0.134. The van der Waals surface area contributed by atoms with Crippen LogP contribution in [0.15, 0.2) is 83.6 Å². The number of aromatic nitrogens is 6. The minimum absolute atomic E-state index is 0.0738. The maximum Gasteiger partial charge on any atom is 0.252 e. The van der Waals surface area contributed by atoms with Crippen molar-refractivity contribution in [2.24, 2.45) is 0 Å². The molecule has 4 aromatic heterocycles. The molecule has 1 aliphatic heterocycles. The van der Waals surface area contributed by atoms with Crippen molar-refractivity contribution in [2.45, 2.75) is 6.04 Å². The van der Waals surface area contributed by atoms with Crippen molar-refractivity contribution in [1.29, 1.82) is 0 Å². The summed E-state index contributed by atoms with van der Waals surface area (Å²) in [5.41, 5.74) is 9.15. The summed E-state index contributed by atoms with van der Waals surface area (Å²) in [6.07, 6.45) is 3.21. The van der Waals surface area contributed by atoms with Crippen LogP contribution in [-0.4, -0.2) is 99.9 Å². The summed E-state index contributed by atoms with van der Waals surface area (Å²) in [7, 11) is 1.65. The topological polar surface area (TPSA) is 151 Å². The summed E-state index contributed by atoms with van der Waals surface area (Å²) in [5.74, 6) is 1.72. The summed E-state index contributed by atoms with van der Waals surface area (Å²) in [5, 5.41) is 9.77. The van der Waals surface area contributed by atoms with Crippen molar-refractivity contribution in [3.8, 4) is 17.3 Å². The van der Waals surface area contributed by atoms with Gasteiger partial charge in [-0.1, -0.05) is 30.3 Å². The van der Waals surface area contributed by atoms with Crippen LogP contribution in [0.2, 0.25) is 0 Å². The van der Waals surface area contributed by atoms with E-state index in [2.05, 4.69) is 25.1 Å². The van der Waals surface area contributed by atoms with Crippen LogP contribution in [-0.2, 0) is 14.3 Å². The van der Waals surface area contributed by atoms with Crippen molar-refractivity contribution in [2.75, 3.05) is 70.3 Å². The van der Waals surface area contributed by atoms with Gasteiger partial charge in [0.15, 0.2) is 23.1 Å². The minimum atomic E-state index is -0.753. The maximum absolute atomic E-state index is 14.3. The molecule has 14 nitrogen and oxygen atoms in total. The SMILES string of the molecule is COCCOCCOc1ccc(N2CCN(C(=O)C(c3ccccc3)n3ncc4c3nc(N)n3nc(-c5ccco5)nc43)CC2)cc1. The van der Waals surface area contributed by atoms with Crippen LogP contribution in [0.5, 0.6) is 5.75 Å². The molecule has 1 aliphatic rings. The van der Waals surface area contributed by atoms with E-state index in [1.165, 1.54) is 4.52 Å². The van der Waals surface area contributed by atoms with E-state index in [1.807, 2.05) is 59.5 Å². The highest BCUT2D eigenvalue weighted by atomic mass is 16.5. The summed E-state index contributed by atoms with van der Waals surface area (Å²) in [6, 6.07) is 20.4. The molecule has 7 rings (SSSR count). The Bertz CT molecular complexity index is 1930. The van der Waals surface area contributed by atoms with E-state index in [0.29, 0.717) is 80.9 Å². The molecule has 2 aromatic carbocycles. The number of nitrogen functional groups attached to an aromatic ring is 1. The van der Waals surface area contributed by atoms with E-state index in [4.69, 9.17) is 24.4 Å². The lowest BCUT2D eigenvalue weighted by Gasteiger charge is -2.37. The fourth-order valence-corrected chi connectivity index (χ4v) is 5.72. The number of hydrogen-bond acceptors (Lipinski definition) is 11. The second kappa shape index (κ2) is 13.5. The maximum atomic E-state index is 14.3. The van der Waals surface area contributed by atoms with Gasteiger partial charge in [-0.2, -0.15) is 14.6 Å². The lowest BCUT2D eigenvalue weighted by atomic mass is 10.0. The second-order valence-corrected chi connectivity index (χ2v) is 11.0. The van der Waals surface area contributed by atoms with Gasteiger partial charge in [0.2, 0.25) is 11.8 Å². The Hall–Kier alpha value is -5.47. The first-order valence-electron chi connectivity index (χ1n) is 15.4. The van der Waals surface area contributed by atoms with Crippen molar-refractivity contribution < 1.29 is 23.4 Å². The van der Waals surface area contributed by atoms with Gasteiger partial charge >= 0.3 is 0 Å². The van der Waals surface area contributed by atoms with E-state index in [0.717, 1.165) is 17.0 Å². The molecule has 0 saturated carbocycles. The van der Waals surface area contributed by atoms with E-state index in [9.17, 15) is 4.79 Å². The van der Waals surface area contributed by atoms with Gasteiger partial charge in [-0.15, -0.1) is 5.10 Å². The standard InChI is InChI=1S/C33H35N9O5/c1-44-18-19-45-20-21-46-25-11-9-24(10-12-25)39-13-15-40(16-14-39)32(43)28(23-6-3-2-4-7-23)41-31-26(22-35-41)30-36-29(27-8-5-17-47-27)38-42(30)33(34)37-31/h2-12,17,22,28H,13-16,18-21H2,1H3,(H2,34,37). The number of benzene rings is 2. The van der Waals surface area contributed by atoms with Crippen LogP contribution in [0.4, 0.5) is 11.6 Å². The highest BCUT2D eigenvalue weighted by Crippen LogP contribution is 2.29. The smallest absolute Gasteiger partial charge is 0.252 e. The highest BCUT2D eigenvalue weighted by Gasteiger charge is 2.33. The number of hydrogen-bond donors (Lipinski definition) is 1. The van der Waals surface area contributed by atoms with Crippen LogP contribution >= 0.6 is 0 Å². The van der Waals surface area contributed by atoms with Gasteiger partial charge in [0, 0.05) is 39.0 Å². The number of carbonyl (C=O) groups is 1. The van der Waals surface area contributed by atoms with Gasteiger partial charge in [0.25, 0.3) is 5.91 Å². The third kappa shape index (κ3) is 6.20. The summed E-state index contributed by atoms with van der Waals surface area (Å²) < 4.78 is 24.8. The number of nitrogens with zero attached hydrogens (tertiary/aromatic N) is 8. The quantitative estimate of drug-likeness (QED) is 0.197. The van der Waals surface area contributed by atoms with E-state index in [1.54, 1.807) is 36.4 Å². The first-order chi connectivity index (χ1) is 23.1. The number of nitrogens with two attached hydrogens (primary N) is 1. The molecule has 1 fully saturated rings. The molecule has 1 amide bonds. The average Bonchev–Trinajstić information content (AvgIpc) is 3.89. The monoisotopic (exact) mass is 637 g/mol. The fourth-order valence-electron chi connectivity index (χ4n) is 5.72. The number of methoxy groups -OCH3 is 1. The van der Waals surface area contributed by atoms with Gasteiger partial charge < -0.3 is 34.2 Å². The summed E-state index contributed by atoms with van der Waals surface area (Å²) in [4.78, 5) is 27.8. The van der Waals surface area contributed by atoms with E-state index >= 15 is 0 Å². The Kier molecular flexibility index (Phi) is 8.66. The normalized spacial score (nSPS) is 14.2. The van der Waals surface area contributed by atoms with Gasteiger partial charge in [0.1, 0.15) is 12.4 Å². The van der Waals surface area contributed by atoms with Gasteiger partial charge in [0.05, 0.1) is 37.7 Å². The number of piperazine rings is 1. The number of ether oxygens (including phenoxy) is 3. The molecule has 1 atom stereocenters. The molecule has 1 saturated heterocycles. The largest absolute Gasteiger partial charge is 0.491 e. The van der Waals surface area contributed by atoms with Crippen molar-refractivity contribution in [1.82, 2.24) is 34.3 Å². The summed E-state index contributed by atoms with van der Waals surface area (Å²) in [6.45, 7) is 4.54. The van der Waals surface area contributed by atoms with Crippen LogP contribution < -0.4 is 15.4 Å². The van der Waals surface area contributed by atoms with Crippen LogP contribution in [0.3, 0.4) is 0 Å². The number of furan rings is 1. The average molecular weight is 638 g/mol. The first-order valence-corrected chi connectivity index (χ1v) is 15.4. The molecule has 14 heteroatoms. The third-order valence-electron chi connectivity index (χ3n) is 8.11. The van der Waals surface area contributed by atoms with Crippen LogP contribution in [0.25, 0.3) is 28.3 Å². The number of anilines is 2. The number of amides is 1. The zero-order valence-electron chi connectivity index (χ0n) is 25.9. The van der Waals surface area contributed by atoms with Crippen LogP contribution in [0.1, 0.15) is 11.6 Å². The number of fused-ring (bicyclic) bond motifs is 3. The molecular formula is C33H35N9O5. The Morgan fingerprint density at radius 3 is 2.45 bits per heavy atom. The van der Waals surface area contributed by atoms with Gasteiger partial charge in [-0.25, -0.2) is 9.67 Å². The van der Waals surface area contributed by atoms with Crippen molar-refractivity contribution in [3.05, 3.63) is 84.8 Å². The molecule has 2 N–H and O–H groups in total. The highest BCUT2D eigenvalue weighted by molar-refractivity contribution is 5.92. The first kappa shape index (κ1) is 30.2. The third-order valence-corrected chi connectivity index (χ3v) is 8.11. The zero-order chi connectivity index (χ0) is 32.2. The molecule has 0 radical (unpaired) electrons. The van der Waals surface area contributed by atoms with E-state index < -0.39 is 6.04 Å². The lowest BCUT2D eigenvalue weighted by Crippen LogP contribution is -2.51. The summed E-state index contributed by atoms with van der Waals surface area (Å²) >= 11 is 0. The molecule has 47 heavy (non-hydrogen) atoms.